The Morgan fingerprint density at radius 2 is 1.45 bits per heavy atom. The fourth-order valence-corrected chi connectivity index (χ4v) is 3.01. The maximum Gasteiger partial charge on any atom is 0.115 e. The Kier molecular flexibility index (Phi) is 5.25. The minimum absolute atomic E-state index is 0.107. The van der Waals surface area contributed by atoms with Crippen LogP contribution in [0.5, 0.6) is 5.75 Å². The molecule has 2 nitrogen and oxygen atoms in total. The molecular weight excluding hydrogens is 270 g/mol. The van der Waals surface area contributed by atoms with Crippen LogP contribution in [0.2, 0.25) is 0 Å². The van der Waals surface area contributed by atoms with E-state index in [0.717, 1.165) is 6.42 Å². The highest BCUT2D eigenvalue weighted by Gasteiger charge is 2.20. The lowest BCUT2D eigenvalue weighted by Crippen LogP contribution is -2.42. The minimum atomic E-state index is 0.107. The molecule has 0 aromatic heterocycles. The lowest BCUT2D eigenvalue weighted by molar-refractivity contribution is 0.353. The van der Waals surface area contributed by atoms with Gasteiger partial charge in [-0.2, -0.15) is 0 Å². The normalized spacial score (nSPS) is 14.5. The second-order valence-electron chi connectivity index (χ2n) is 7.09. The van der Waals surface area contributed by atoms with Gasteiger partial charge in [0.05, 0.1) is 0 Å². The zero-order chi connectivity index (χ0) is 16.2. The number of phenols is 1. The van der Waals surface area contributed by atoms with E-state index in [1.54, 1.807) is 12.1 Å². The first kappa shape index (κ1) is 16.6. The van der Waals surface area contributed by atoms with Crippen LogP contribution >= 0.6 is 0 Å². The summed E-state index contributed by atoms with van der Waals surface area (Å²) in [4.78, 5) is 0. The summed E-state index contributed by atoms with van der Waals surface area (Å²) in [5.74, 6) is 0.642. The Morgan fingerprint density at radius 1 is 0.909 bits per heavy atom. The second kappa shape index (κ2) is 6.97. The van der Waals surface area contributed by atoms with Gasteiger partial charge < -0.3 is 10.4 Å². The number of rotatable bonds is 5. The van der Waals surface area contributed by atoms with Gasteiger partial charge in [0.1, 0.15) is 5.75 Å². The fraction of sp³-hybridized carbons (Fsp3) is 0.400. The molecule has 1 unspecified atom stereocenters. The predicted molar refractivity (Wildman–Crippen MR) is 93.4 cm³/mol. The van der Waals surface area contributed by atoms with E-state index < -0.39 is 0 Å². The average Bonchev–Trinajstić information content (AvgIpc) is 2.45. The van der Waals surface area contributed by atoms with Crippen molar-refractivity contribution in [3.05, 3.63) is 65.7 Å². The molecule has 0 aliphatic rings. The van der Waals surface area contributed by atoms with Crippen LogP contribution in [0, 0.1) is 0 Å². The van der Waals surface area contributed by atoms with Crippen LogP contribution in [-0.4, -0.2) is 16.7 Å². The Hall–Kier alpha value is -1.80. The summed E-state index contributed by atoms with van der Waals surface area (Å²) in [6.07, 6.45) is 1.02. The van der Waals surface area contributed by atoms with Gasteiger partial charge in [0.15, 0.2) is 0 Å². The smallest absolute Gasteiger partial charge is 0.115 e. The molecule has 0 amide bonds. The molecule has 2 heteroatoms. The molecule has 2 aromatic carbocycles. The molecule has 2 aromatic rings. The van der Waals surface area contributed by atoms with Crippen molar-refractivity contribution in [3.8, 4) is 5.75 Å². The highest BCUT2D eigenvalue weighted by Crippen LogP contribution is 2.30. The van der Waals surface area contributed by atoms with Crippen LogP contribution in [-0.2, 0) is 0 Å². The first-order chi connectivity index (χ1) is 10.3. The van der Waals surface area contributed by atoms with Crippen LogP contribution in [0.15, 0.2) is 54.6 Å². The van der Waals surface area contributed by atoms with E-state index in [9.17, 15) is 5.11 Å². The fourth-order valence-electron chi connectivity index (χ4n) is 3.01. The zero-order valence-electron chi connectivity index (χ0n) is 14.0. The van der Waals surface area contributed by atoms with E-state index in [0.29, 0.717) is 17.7 Å². The maximum atomic E-state index is 9.53. The third kappa shape index (κ3) is 4.88. The Balaban J connectivity index is 2.24. The summed E-state index contributed by atoms with van der Waals surface area (Å²) >= 11 is 0. The topological polar surface area (TPSA) is 32.3 Å². The van der Waals surface area contributed by atoms with Crippen molar-refractivity contribution < 1.29 is 5.11 Å². The molecule has 2 rings (SSSR count). The predicted octanol–water partition coefficient (Wildman–Crippen LogP) is 4.69. The van der Waals surface area contributed by atoms with E-state index in [4.69, 9.17) is 0 Å². The molecule has 0 radical (unpaired) electrons. The van der Waals surface area contributed by atoms with E-state index in [1.165, 1.54) is 11.1 Å². The van der Waals surface area contributed by atoms with Gasteiger partial charge in [-0.15, -0.1) is 0 Å². The summed E-state index contributed by atoms with van der Waals surface area (Å²) in [6, 6.07) is 18.6. The number of nitrogens with one attached hydrogen (secondary N) is 1. The third-order valence-electron chi connectivity index (χ3n) is 3.77. The van der Waals surface area contributed by atoms with E-state index in [-0.39, 0.29) is 5.54 Å². The molecular formula is C20H27NO. The first-order valence-electron chi connectivity index (χ1n) is 7.97. The molecule has 0 aliphatic carbocycles. The van der Waals surface area contributed by atoms with Crippen LogP contribution in [0.25, 0.3) is 0 Å². The molecule has 0 bridgehead atoms. The number of phenolic OH excluding ortho intramolecular Hbond substituents is 1. The second-order valence-corrected chi connectivity index (χ2v) is 7.09. The molecule has 2 atom stereocenters. The van der Waals surface area contributed by atoms with Crippen molar-refractivity contribution in [1.29, 1.82) is 0 Å². The Bertz CT molecular complexity index is 569. The standard InChI is InChI=1S/C20H27NO/c1-15(21-20(2,3)4)14-19(16-8-6-5-7-9-16)17-10-12-18(22)13-11-17/h5-13,15,19,21-22H,14H2,1-4H3/t15-,19?/m1/s1. The number of hydrogen-bond acceptors (Lipinski definition) is 2. The lowest BCUT2D eigenvalue weighted by atomic mass is 9.86. The largest absolute Gasteiger partial charge is 0.508 e. The molecule has 2 N–H and O–H groups in total. The first-order valence-corrected chi connectivity index (χ1v) is 7.97. The van der Waals surface area contributed by atoms with E-state index in [2.05, 4.69) is 57.3 Å². The average molecular weight is 297 g/mol. The molecule has 22 heavy (non-hydrogen) atoms. The molecule has 0 fully saturated rings. The molecule has 0 aliphatic heterocycles. The summed E-state index contributed by atoms with van der Waals surface area (Å²) in [7, 11) is 0. The van der Waals surface area contributed by atoms with E-state index >= 15 is 0 Å². The van der Waals surface area contributed by atoms with Crippen molar-refractivity contribution in [2.24, 2.45) is 0 Å². The molecule has 0 heterocycles. The minimum Gasteiger partial charge on any atom is -0.508 e. The maximum absolute atomic E-state index is 9.53. The highest BCUT2D eigenvalue weighted by atomic mass is 16.3. The van der Waals surface area contributed by atoms with Crippen LogP contribution in [0.4, 0.5) is 0 Å². The quantitative estimate of drug-likeness (QED) is 0.839. The van der Waals surface area contributed by atoms with Gasteiger partial charge in [0.25, 0.3) is 0 Å². The van der Waals surface area contributed by atoms with Gasteiger partial charge in [-0.1, -0.05) is 42.5 Å². The van der Waals surface area contributed by atoms with Crippen molar-refractivity contribution >= 4 is 0 Å². The number of hydrogen-bond donors (Lipinski definition) is 2. The van der Waals surface area contributed by atoms with Crippen molar-refractivity contribution in [1.82, 2.24) is 5.32 Å². The molecule has 0 spiro atoms. The van der Waals surface area contributed by atoms with Gasteiger partial charge in [0, 0.05) is 17.5 Å². The van der Waals surface area contributed by atoms with E-state index in [1.807, 2.05) is 18.2 Å². The highest BCUT2D eigenvalue weighted by molar-refractivity contribution is 5.35. The SMILES string of the molecule is C[C@H](CC(c1ccccc1)c1ccc(O)cc1)NC(C)(C)C. The zero-order valence-corrected chi connectivity index (χ0v) is 14.0. The monoisotopic (exact) mass is 297 g/mol. The Morgan fingerprint density at radius 3 is 2.00 bits per heavy atom. The van der Waals surface area contributed by atoms with Gasteiger partial charge >= 0.3 is 0 Å². The summed E-state index contributed by atoms with van der Waals surface area (Å²) in [6.45, 7) is 8.83. The molecule has 118 valence electrons. The van der Waals surface area contributed by atoms with Gasteiger partial charge in [-0.05, 0) is 57.4 Å². The summed E-state index contributed by atoms with van der Waals surface area (Å²) < 4.78 is 0. The van der Waals surface area contributed by atoms with Gasteiger partial charge in [0.2, 0.25) is 0 Å². The molecule has 0 saturated heterocycles. The summed E-state index contributed by atoms with van der Waals surface area (Å²) in [5, 5.41) is 13.2. The number of aromatic hydroxyl groups is 1. The van der Waals surface area contributed by atoms with Crippen molar-refractivity contribution in [2.75, 3.05) is 0 Å². The molecule has 0 saturated carbocycles. The van der Waals surface area contributed by atoms with Crippen LogP contribution in [0.1, 0.15) is 51.2 Å². The third-order valence-corrected chi connectivity index (χ3v) is 3.77. The summed E-state index contributed by atoms with van der Waals surface area (Å²) in [5.41, 5.74) is 2.66. The number of benzene rings is 2. The van der Waals surface area contributed by atoms with Gasteiger partial charge in [-0.3, -0.25) is 0 Å². The van der Waals surface area contributed by atoms with Crippen LogP contribution < -0.4 is 5.32 Å². The van der Waals surface area contributed by atoms with Crippen molar-refractivity contribution in [2.45, 2.75) is 51.6 Å². The Labute approximate surface area is 134 Å². The van der Waals surface area contributed by atoms with Crippen molar-refractivity contribution in [3.63, 3.8) is 0 Å². The lowest BCUT2D eigenvalue weighted by Gasteiger charge is -2.29. The van der Waals surface area contributed by atoms with Gasteiger partial charge in [-0.25, -0.2) is 0 Å². The van der Waals surface area contributed by atoms with Crippen LogP contribution in [0.3, 0.4) is 0 Å².